The molecule has 1 heterocycles. The van der Waals surface area contributed by atoms with Crippen molar-refractivity contribution in [2.45, 2.75) is 47.1 Å². The van der Waals surface area contributed by atoms with Crippen LogP contribution in [0.25, 0.3) is 5.69 Å². The Morgan fingerprint density at radius 2 is 1.93 bits per heavy atom. The number of hydrogen-bond acceptors (Lipinski definition) is 5. The first-order chi connectivity index (χ1) is 12.7. The summed E-state index contributed by atoms with van der Waals surface area (Å²) in [5.41, 5.74) is 7.66. The van der Waals surface area contributed by atoms with Gasteiger partial charge in [-0.3, -0.25) is 4.79 Å². The summed E-state index contributed by atoms with van der Waals surface area (Å²) in [5, 5.41) is 8.39. The second-order valence-electron chi connectivity index (χ2n) is 7.84. The Labute approximate surface area is 161 Å². The Morgan fingerprint density at radius 3 is 2.44 bits per heavy atom. The monoisotopic (exact) mass is 373 g/mol. The number of nitrogens with zero attached hydrogens (tertiary/aromatic N) is 4. The van der Waals surface area contributed by atoms with Gasteiger partial charge >= 0.3 is 0 Å². The van der Waals surface area contributed by atoms with Gasteiger partial charge in [0.1, 0.15) is 5.75 Å². The highest BCUT2D eigenvalue weighted by atomic mass is 16.5. The number of benzene rings is 1. The van der Waals surface area contributed by atoms with E-state index in [4.69, 9.17) is 10.5 Å². The first kappa shape index (κ1) is 20.9. The van der Waals surface area contributed by atoms with Crippen LogP contribution in [0.15, 0.2) is 24.3 Å². The molecule has 0 atom stereocenters. The van der Waals surface area contributed by atoms with E-state index in [1.54, 1.807) is 16.6 Å². The molecule has 1 aromatic carbocycles. The predicted octanol–water partition coefficient (Wildman–Crippen LogP) is 2.67. The first-order valence-electron chi connectivity index (χ1n) is 9.35. The van der Waals surface area contributed by atoms with E-state index in [1.165, 1.54) is 0 Å². The van der Waals surface area contributed by atoms with Crippen molar-refractivity contribution in [3.05, 3.63) is 35.7 Å². The summed E-state index contributed by atoms with van der Waals surface area (Å²) < 4.78 is 7.39. The summed E-state index contributed by atoms with van der Waals surface area (Å²) in [6, 6.07) is 7.63. The van der Waals surface area contributed by atoms with E-state index in [0.29, 0.717) is 25.2 Å². The molecule has 0 aliphatic carbocycles. The third-order valence-corrected chi connectivity index (χ3v) is 4.32. The predicted molar refractivity (Wildman–Crippen MR) is 106 cm³/mol. The smallest absolute Gasteiger partial charge is 0.276 e. The van der Waals surface area contributed by atoms with E-state index in [-0.39, 0.29) is 17.4 Å². The van der Waals surface area contributed by atoms with Crippen LogP contribution in [0.3, 0.4) is 0 Å². The van der Waals surface area contributed by atoms with Crippen LogP contribution in [-0.2, 0) is 6.42 Å². The van der Waals surface area contributed by atoms with Gasteiger partial charge < -0.3 is 15.4 Å². The molecule has 1 amide bonds. The number of aromatic nitrogens is 3. The Morgan fingerprint density at radius 1 is 1.30 bits per heavy atom. The molecule has 0 bridgehead atoms. The summed E-state index contributed by atoms with van der Waals surface area (Å²) >= 11 is 0. The van der Waals surface area contributed by atoms with Crippen LogP contribution in [0.2, 0.25) is 0 Å². The fraction of sp³-hybridized carbons (Fsp3) is 0.550. The molecule has 0 saturated heterocycles. The highest BCUT2D eigenvalue weighted by Crippen LogP contribution is 2.21. The van der Waals surface area contributed by atoms with Gasteiger partial charge in [-0.05, 0) is 56.5 Å². The van der Waals surface area contributed by atoms with Crippen molar-refractivity contribution in [2.24, 2.45) is 11.1 Å². The van der Waals surface area contributed by atoms with Gasteiger partial charge in [0, 0.05) is 13.6 Å². The number of nitrogens with two attached hydrogens (primary N) is 1. The molecule has 7 nitrogen and oxygen atoms in total. The number of ether oxygens (including phenoxy) is 1. The van der Waals surface area contributed by atoms with Crippen LogP contribution in [0.1, 0.15) is 50.8 Å². The summed E-state index contributed by atoms with van der Waals surface area (Å²) in [7, 11) is 1.77. The molecule has 2 aromatic rings. The third kappa shape index (κ3) is 5.07. The lowest BCUT2D eigenvalue weighted by molar-refractivity contribution is 0.0733. The summed E-state index contributed by atoms with van der Waals surface area (Å²) in [4.78, 5) is 14.6. The zero-order valence-electron chi connectivity index (χ0n) is 17.2. The van der Waals surface area contributed by atoms with Crippen LogP contribution in [0.4, 0.5) is 0 Å². The molecule has 0 aliphatic rings. The lowest BCUT2D eigenvalue weighted by Crippen LogP contribution is -2.40. The zero-order chi connectivity index (χ0) is 20.2. The number of carbonyl (C=O) groups is 1. The topological polar surface area (TPSA) is 86.3 Å². The first-order valence-corrected chi connectivity index (χ1v) is 9.35. The second kappa shape index (κ2) is 8.52. The molecular weight excluding hydrogens is 342 g/mol. The fourth-order valence-electron chi connectivity index (χ4n) is 2.89. The van der Waals surface area contributed by atoms with E-state index in [1.807, 2.05) is 58.9 Å². The van der Waals surface area contributed by atoms with Crippen molar-refractivity contribution < 1.29 is 9.53 Å². The molecule has 0 radical (unpaired) electrons. The lowest BCUT2D eigenvalue weighted by atomic mass is 9.93. The van der Waals surface area contributed by atoms with Gasteiger partial charge in [0.05, 0.1) is 17.5 Å². The van der Waals surface area contributed by atoms with E-state index >= 15 is 0 Å². The third-order valence-electron chi connectivity index (χ3n) is 4.32. The van der Waals surface area contributed by atoms with Gasteiger partial charge in [0.15, 0.2) is 5.69 Å². The molecule has 7 heteroatoms. The molecule has 0 saturated carbocycles. The van der Waals surface area contributed by atoms with Gasteiger partial charge in [-0.2, -0.15) is 0 Å². The summed E-state index contributed by atoms with van der Waals surface area (Å²) in [5.74, 6) is 0.659. The van der Waals surface area contributed by atoms with Crippen LogP contribution < -0.4 is 10.5 Å². The summed E-state index contributed by atoms with van der Waals surface area (Å²) in [6.45, 7) is 11.1. The van der Waals surface area contributed by atoms with Crippen molar-refractivity contribution >= 4 is 5.91 Å². The Balaban J connectivity index is 2.27. The Hall–Kier alpha value is -2.41. The average Bonchev–Trinajstić information content (AvgIpc) is 3.04. The van der Waals surface area contributed by atoms with Crippen molar-refractivity contribution in [3.8, 4) is 11.4 Å². The van der Waals surface area contributed by atoms with Gasteiger partial charge in [0.25, 0.3) is 5.91 Å². The molecule has 1 aromatic heterocycles. The quantitative estimate of drug-likeness (QED) is 0.769. The minimum absolute atomic E-state index is 0.117. The Bertz CT molecular complexity index is 765. The van der Waals surface area contributed by atoms with Crippen molar-refractivity contribution in [3.63, 3.8) is 0 Å². The standard InChI is InChI=1S/C20H31N5O2/c1-7-17-18(19(26)24(6)13-20(4,5)12-21)22-23-25(17)15-8-10-16(11-9-15)27-14(2)3/h8-11,14H,7,12-13,21H2,1-6H3. The molecule has 0 unspecified atom stereocenters. The van der Waals surface area contributed by atoms with Crippen LogP contribution in [-0.4, -0.2) is 52.0 Å². The van der Waals surface area contributed by atoms with Crippen LogP contribution in [0, 0.1) is 5.41 Å². The fourth-order valence-corrected chi connectivity index (χ4v) is 2.89. The van der Waals surface area contributed by atoms with Gasteiger partial charge in [-0.1, -0.05) is 26.0 Å². The maximum atomic E-state index is 12.9. The maximum absolute atomic E-state index is 12.9. The minimum atomic E-state index is -0.154. The highest BCUT2D eigenvalue weighted by molar-refractivity contribution is 5.93. The zero-order valence-corrected chi connectivity index (χ0v) is 17.2. The van der Waals surface area contributed by atoms with Crippen molar-refractivity contribution in [1.29, 1.82) is 0 Å². The number of amides is 1. The molecular formula is C20H31N5O2. The Kier molecular flexibility index (Phi) is 6.59. The molecule has 148 valence electrons. The van der Waals surface area contributed by atoms with E-state index in [9.17, 15) is 4.79 Å². The largest absolute Gasteiger partial charge is 0.491 e. The van der Waals surface area contributed by atoms with Gasteiger partial charge in [-0.15, -0.1) is 5.10 Å². The molecule has 2 rings (SSSR count). The maximum Gasteiger partial charge on any atom is 0.276 e. The van der Waals surface area contributed by atoms with Crippen molar-refractivity contribution in [2.75, 3.05) is 20.1 Å². The molecule has 2 N–H and O–H groups in total. The number of rotatable bonds is 8. The normalized spacial score (nSPS) is 11.7. The minimum Gasteiger partial charge on any atom is -0.491 e. The number of hydrogen-bond donors (Lipinski definition) is 1. The van der Waals surface area contributed by atoms with Crippen LogP contribution in [0.5, 0.6) is 5.75 Å². The molecule has 27 heavy (non-hydrogen) atoms. The molecule has 0 aliphatic heterocycles. The van der Waals surface area contributed by atoms with Gasteiger partial charge in [-0.25, -0.2) is 4.68 Å². The van der Waals surface area contributed by atoms with Gasteiger partial charge in [0.2, 0.25) is 0 Å². The lowest BCUT2D eigenvalue weighted by Gasteiger charge is -2.28. The highest BCUT2D eigenvalue weighted by Gasteiger charge is 2.26. The van der Waals surface area contributed by atoms with Crippen LogP contribution >= 0.6 is 0 Å². The average molecular weight is 374 g/mol. The van der Waals surface area contributed by atoms with E-state index in [0.717, 1.165) is 17.1 Å². The second-order valence-corrected chi connectivity index (χ2v) is 7.84. The number of carbonyl (C=O) groups excluding carboxylic acids is 1. The van der Waals surface area contributed by atoms with E-state index in [2.05, 4.69) is 10.3 Å². The molecule has 0 fully saturated rings. The SMILES string of the molecule is CCc1c(C(=O)N(C)CC(C)(C)CN)nnn1-c1ccc(OC(C)C)cc1. The van der Waals surface area contributed by atoms with E-state index < -0.39 is 0 Å². The van der Waals surface area contributed by atoms with Crippen molar-refractivity contribution in [1.82, 2.24) is 19.9 Å². The molecule has 0 spiro atoms. The summed E-state index contributed by atoms with van der Waals surface area (Å²) in [6.07, 6.45) is 0.762.